The molecule has 0 N–H and O–H groups in total. The van der Waals surface area contributed by atoms with E-state index < -0.39 is 0 Å². The normalized spacial score (nSPS) is 11.3. The number of anilines is 3. The summed E-state index contributed by atoms with van der Waals surface area (Å²) in [4.78, 5) is 2.35. The molecule has 0 spiro atoms. The highest BCUT2D eigenvalue weighted by Crippen LogP contribution is 2.40. The molecule has 2 nitrogen and oxygen atoms in total. The molecule has 0 saturated heterocycles. The van der Waals surface area contributed by atoms with Gasteiger partial charge in [-0.1, -0.05) is 170 Å². The standard InChI is InChI=1S/C58H39NO/c1-2-10-40(11-3-1)42-20-22-43(23-21-42)49-16-9-17-54(38-49)59(53-33-28-45(29-34-53)51-30-35-58-56(39-51)55-18-6-7-19-57(55)60-58)52-31-26-44(27-32-52)47-14-8-15-48(36-47)50-25-24-41-12-4-5-13-46(41)37-50/h1-39H. The summed E-state index contributed by atoms with van der Waals surface area (Å²) in [6.07, 6.45) is 0. The number of benzene rings is 10. The number of fused-ring (bicyclic) bond motifs is 4. The van der Waals surface area contributed by atoms with Gasteiger partial charge in [-0.25, -0.2) is 0 Å². The molecule has 0 aliphatic carbocycles. The van der Waals surface area contributed by atoms with E-state index in [0.717, 1.165) is 55.7 Å². The van der Waals surface area contributed by atoms with Crippen LogP contribution in [0.4, 0.5) is 17.1 Å². The lowest BCUT2D eigenvalue weighted by Crippen LogP contribution is -2.10. The van der Waals surface area contributed by atoms with Gasteiger partial charge in [0.05, 0.1) is 0 Å². The summed E-state index contributed by atoms with van der Waals surface area (Å²) in [6, 6.07) is 85.0. The van der Waals surface area contributed by atoms with Crippen molar-refractivity contribution in [1.29, 1.82) is 0 Å². The van der Waals surface area contributed by atoms with Crippen molar-refractivity contribution in [2.24, 2.45) is 0 Å². The molecule has 11 aromatic rings. The highest BCUT2D eigenvalue weighted by molar-refractivity contribution is 6.06. The molecule has 0 bridgehead atoms. The van der Waals surface area contributed by atoms with Crippen molar-refractivity contribution in [2.45, 2.75) is 0 Å². The molecular weight excluding hydrogens is 727 g/mol. The Balaban J connectivity index is 0.953. The highest BCUT2D eigenvalue weighted by atomic mass is 16.3. The van der Waals surface area contributed by atoms with Gasteiger partial charge in [0.2, 0.25) is 0 Å². The van der Waals surface area contributed by atoms with Crippen LogP contribution in [0.1, 0.15) is 0 Å². The molecule has 282 valence electrons. The van der Waals surface area contributed by atoms with E-state index in [0.29, 0.717) is 0 Å². The van der Waals surface area contributed by atoms with Crippen LogP contribution in [-0.4, -0.2) is 0 Å². The molecule has 0 aliphatic heterocycles. The lowest BCUT2D eigenvalue weighted by atomic mass is 9.97. The average Bonchev–Trinajstić information content (AvgIpc) is 3.70. The van der Waals surface area contributed by atoms with Crippen LogP contribution in [0, 0.1) is 0 Å². The zero-order chi connectivity index (χ0) is 39.8. The summed E-state index contributed by atoms with van der Waals surface area (Å²) in [5.41, 5.74) is 16.9. The summed E-state index contributed by atoms with van der Waals surface area (Å²) in [7, 11) is 0. The molecule has 0 radical (unpaired) electrons. The summed E-state index contributed by atoms with van der Waals surface area (Å²) >= 11 is 0. The second-order valence-corrected chi connectivity index (χ2v) is 15.4. The second-order valence-electron chi connectivity index (χ2n) is 15.4. The van der Waals surface area contributed by atoms with Crippen molar-refractivity contribution >= 4 is 49.8 Å². The quantitative estimate of drug-likeness (QED) is 0.153. The summed E-state index contributed by atoms with van der Waals surface area (Å²) in [5, 5.41) is 4.77. The van der Waals surface area contributed by atoms with Crippen molar-refractivity contribution in [3.63, 3.8) is 0 Å². The third kappa shape index (κ3) is 6.70. The highest BCUT2D eigenvalue weighted by Gasteiger charge is 2.16. The minimum atomic E-state index is 0.904. The van der Waals surface area contributed by atoms with Crippen LogP contribution in [0.15, 0.2) is 241 Å². The molecule has 2 heteroatoms. The Hall–Kier alpha value is -7.94. The maximum Gasteiger partial charge on any atom is 0.135 e. The molecule has 11 rings (SSSR count). The van der Waals surface area contributed by atoms with E-state index in [1.54, 1.807) is 0 Å². The lowest BCUT2D eigenvalue weighted by Gasteiger charge is -2.26. The molecule has 0 amide bonds. The number of nitrogens with zero attached hydrogens (tertiary/aromatic N) is 1. The minimum Gasteiger partial charge on any atom is -0.456 e. The molecule has 10 aromatic carbocycles. The van der Waals surface area contributed by atoms with E-state index in [-0.39, 0.29) is 0 Å². The first-order chi connectivity index (χ1) is 29.7. The largest absolute Gasteiger partial charge is 0.456 e. The van der Waals surface area contributed by atoms with Crippen molar-refractivity contribution in [1.82, 2.24) is 0 Å². The lowest BCUT2D eigenvalue weighted by molar-refractivity contribution is 0.669. The Bertz CT molecular complexity index is 3290. The van der Waals surface area contributed by atoms with Gasteiger partial charge in [0, 0.05) is 27.8 Å². The van der Waals surface area contributed by atoms with Crippen molar-refractivity contribution < 1.29 is 4.42 Å². The van der Waals surface area contributed by atoms with Crippen LogP contribution in [0.3, 0.4) is 0 Å². The molecule has 0 atom stereocenters. The Morgan fingerprint density at radius 2 is 0.683 bits per heavy atom. The fourth-order valence-corrected chi connectivity index (χ4v) is 8.52. The van der Waals surface area contributed by atoms with Crippen LogP contribution in [0.25, 0.3) is 88.3 Å². The molecule has 0 aliphatic rings. The molecule has 0 unspecified atom stereocenters. The number of furan rings is 1. The maximum absolute atomic E-state index is 6.13. The van der Waals surface area contributed by atoms with Gasteiger partial charge in [0.1, 0.15) is 11.2 Å². The number of hydrogen-bond donors (Lipinski definition) is 0. The first kappa shape index (κ1) is 35.2. The zero-order valence-corrected chi connectivity index (χ0v) is 32.9. The van der Waals surface area contributed by atoms with E-state index in [4.69, 9.17) is 4.42 Å². The zero-order valence-electron chi connectivity index (χ0n) is 32.9. The first-order valence-corrected chi connectivity index (χ1v) is 20.5. The van der Waals surface area contributed by atoms with Gasteiger partial charge >= 0.3 is 0 Å². The van der Waals surface area contributed by atoms with Crippen LogP contribution in [-0.2, 0) is 0 Å². The van der Waals surface area contributed by atoms with Gasteiger partial charge in [0.15, 0.2) is 0 Å². The maximum atomic E-state index is 6.13. The predicted molar refractivity (Wildman–Crippen MR) is 253 cm³/mol. The van der Waals surface area contributed by atoms with Crippen molar-refractivity contribution in [3.8, 4) is 55.6 Å². The van der Waals surface area contributed by atoms with E-state index in [9.17, 15) is 0 Å². The van der Waals surface area contributed by atoms with E-state index in [1.807, 2.05) is 12.1 Å². The van der Waals surface area contributed by atoms with E-state index in [1.165, 1.54) is 49.7 Å². The van der Waals surface area contributed by atoms with Gasteiger partial charge in [-0.15, -0.1) is 0 Å². The molecular formula is C58H39NO. The smallest absolute Gasteiger partial charge is 0.135 e. The first-order valence-electron chi connectivity index (χ1n) is 20.5. The second kappa shape index (κ2) is 15.1. The van der Waals surface area contributed by atoms with Crippen LogP contribution in [0.5, 0.6) is 0 Å². The van der Waals surface area contributed by atoms with Gasteiger partial charge < -0.3 is 9.32 Å². The van der Waals surface area contributed by atoms with Crippen molar-refractivity contribution in [3.05, 3.63) is 237 Å². The summed E-state index contributed by atoms with van der Waals surface area (Å²) < 4.78 is 6.13. The Labute approximate surface area is 349 Å². The van der Waals surface area contributed by atoms with Crippen LogP contribution >= 0.6 is 0 Å². The third-order valence-corrected chi connectivity index (χ3v) is 11.7. The fraction of sp³-hybridized carbons (Fsp3) is 0. The van der Waals surface area contributed by atoms with E-state index in [2.05, 4.69) is 229 Å². The van der Waals surface area contributed by atoms with Gasteiger partial charge in [-0.2, -0.15) is 0 Å². The van der Waals surface area contributed by atoms with E-state index >= 15 is 0 Å². The van der Waals surface area contributed by atoms with Gasteiger partial charge in [-0.05, 0) is 133 Å². The Kier molecular flexibility index (Phi) is 8.87. The molecule has 60 heavy (non-hydrogen) atoms. The van der Waals surface area contributed by atoms with Crippen LogP contribution in [0.2, 0.25) is 0 Å². The topological polar surface area (TPSA) is 16.4 Å². The van der Waals surface area contributed by atoms with Crippen molar-refractivity contribution in [2.75, 3.05) is 4.90 Å². The third-order valence-electron chi connectivity index (χ3n) is 11.7. The Morgan fingerprint density at radius 3 is 1.40 bits per heavy atom. The number of rotatable bonds is 8. The minimum absolute atomic E-state index is 0.904. The number of para-hydroxylation sites is 1. The number of hydrogen-bond acceptors (Lipinski definition) is 2. The monoisotopic (exact) mass is 765 g/mol. The van der Waals surface area contributed by atoms with Gasteiger partial charge in [0.25, 0.3) is 0 Å². The predicted octanol–water partition coefficient (Wildman–Crippen LogP) is 16.5. The van der Waals surface area contributed by atoms with Gasteiger partial charge in [-0.3, -0.25) is 0 Å². The van der Waals surface area contributed by atoms with Crippen LogP contribution < -0.4 is 4.90 Å². The summed E-state index contributed by atoms with van der Waals surface area (Å²) in [5.74, 6) is 0. The summed E-state index contributed by atoms with van der Waals surface area (Å²) in [6.45, 7) is 0. The fourth-order valence-electron chi connectivity index (χ4n) is 8.52. The Morgan fingerprint density at radius 1 is 0.233 bits per heavy atom. The molecule has 1 aromatic heterocycles. The molecule has 0 fully saturated rings. The molecule has 0 saturated carbocycles. The SMILES string of the molecule is c1ccc(-c2ccc(-c3cccc(N(c4ccc(-c5cccc(-c6ccc7ccccc7c6)c5)cc4)c4ccc(-c5ccc6oc7ccccc7c6c5)cc4)c3)cc2)cc1. The average molecular weight is 766 g/mol. The molecule has 1 heterocycles.